The van der Waals surface area contributed by atoms with Gasteiger partial charge in [0.05, 0.1) is 0 Å². The first kappa shape index (κ1) is 16.3. The highest BCUT2D eigenvalue weighted by Crippen LogP contribution is 2.06. The third-order valence-electron chi connectivity index (χ3n) is 2.61. The van der Waals surface area contributed by atoms with E-state index in [0.717, 1.165) is 31.6 Å². The van der Waals surface area contributed by atoms with E-state index < -0.39 is 0 Å². The zero-order chi connectivity index (χ0) is 14.5. The molecule has 1 aromatic carbocycles. The molecule has 2 N–H and O–H groups in total. The van der Waals surface area contributed by atoms with Crippen molar-refractivity contribution in [1.29, 1.82) is 0 Å². The molecule has 0 aliphatic heterocycles. The van der Waals surface area contributed by atoms with Crippen LogP contribution < -0.4 is 15.4 Å². The van der Waals surface area contributed by atoms with Crippen LogP contribution in [0.4, 0.5) is 4.79 Å². The van der Waals surface area contributed by atoms with Crippen molar-refractivity contribution in [2.45, 2.75) is 26.2 Å². The lowest BCUT2D eigenvalue weighted by molar-refractivity contribution is 0.129. The average Bonchev–Trinajstić information content (AvgIpc) is 2.47. The molecule has 112 valence electrons. The second kappa shape index (κ2) is 11.1. The molecule has 0 unspecified atom stereocenters. The number of carbonyl (C=O) groups is 1. The van der Waals surface area contributed by atoms with Gasteiger partial charge < -0.3 is 20.1 Å². The number of rotatable bonds is 10. The zero-order valence-electron chi connectivity index (χ0n) is 12.1. The summed E-state index contributed by atoms with van der Waals surface area (Å²) in [5, 5.41) is 5.38. The van der Waals surface area contributed by atoms with E-state index in [4.69, 9.17) is 9.47 Å². The molecular weight excluding hydrogens is 256 g/mol. The van der Waals surface area contributed by atoms with Crippen LogP contribution in [0.1, 0.15) is 26.2 Å². The Balaban J connectivity index is 1.93. The summed E-state index contributed by atoms with van der Waals surface area (Å²) in [6, 6.07) is 9.13. The monoisotopic (exact) mass is 280 g/mol. The molecule has 0 aromatic heterocycles. The predicted octanol–water partition coefficient (Wildman–Crippen LogP) is 2.53. The Morgan fingerprint density at radius 2 is 1.85 bits per heavy atom. The Hall–Kier alpha value is -1.75. The van der Waals surface area contributed by atoms with Crippen molar-refractivity contribution in [3.8, 4) is 5.75 Å². The highest BCUT2D eigenvalue weighted by atomic mass is 16.5. The number of carbonyl (C=O) groups excluding carboxylic acids is 1. The van der Waals surface area contributed by atoms with Gasteiger partial charge in [0.2, 0.25) is 0 Å². The summed E-state index contributed by atoms with van der Waals surface area (Å²) in [5.41, 5.74) is 0. The van der Waals surface area contributed by atoms with E-state index in [9.17, 15) is 4.79 Å². The minimum atomic E-state index is -0.227. The maximum absolute atomic E-state index is 11.4. The predicted molar refractivity (Wildman–Crippen MR) is 78.8 cm³/mol. The second-order valence-electron chi connectivity index (χ2n) is 4.35. The highest BCUT2D eigenvalue weighted by molar-refractivity contribution is 5.73. The minimum absolute atomic E-state index is 0.156. The lowest BCUT2D eigenvalue weighted by atomic mass is 10.3. The van der Waals surface area contributed by atoms with Gasteiger partial charge in [-0.25, -0.2) is 4.79 Å². The molecule has 0 bridgehead atoms. The van der Waals surface area contributed by atoms with E-state index >= 15 is 0 Å². The number of hydrogen-bond acceptors (Lipinski definition) is 3. The molecule has 0 radical (unpaired) electrons. The van der Waals surface area contributed by atoms with Crippen LogP contribution in [0.3, 0.4) is 0 Å². The zero-order valence-corrected chi connectivity index (χ0v) is 12.1. The maximum Gasteiger partial charge on any atom is 0.317 e. The molecule has 0 aliphatic carbocycles. The molecule has 0 fully saturated rings. The number of para-hydroxylation sites is 1. The van der Waals surface area contributed by atoms with Crippen molar-refractivity contribution in [1.82, 2.24) is 10.6 Å². The molecule has 0 heterocycles. The number of hydrogen-bond donors (Lipinski definition) is 2. The van der Waals surface area contributed by atoms with Gasteiger partial charge >= 0.3 is 6.03 Å². The molecule has 0 spiro atoms. The highest BCUT2D eigenvalue weighted by Gasteiger charge is 1.99. The van der Waals surface area contributed by atoms with Crippen LogP contribution in [-0.2, 0) is 4.74 Å². The first-order valence-electron chi connectivity index (χ1n) is 7.10. The van der Waals surface area contributed by atoms with Crippen LogP contribution in [0.25, 0.3) is 0 Å². The molecule has 1 aromatic rings. The topological polar surface area (TPSA) is 59.6 Å². The largest absolute Gasteiger partial charge is 0.473 e. The summed E-state index contributed by atoms with van der Waals surface area (Å²) in [4.78, 5) is 11.4. The molecule has 2 amide bonds. The lowest BCUT2D eigenvalue weighted by Gasteiger charge is -2.09. The van der Waals surface area contributed by atoms with Crippen LogP contribution >= 0.6 is 0 Å². The summed E-state index contributed by atoms with van der Waals surface area (Å²) in [5.74, 6) is 0.733. The Kier molecular flexibility index (Phi) is 9.06. The van der Waals surface area contributed by atoms with E-state index in [-0.39, 0.29) is 12.8 Å². The van der Waals surface area contributed by atoms with Crippen molar-refractivity contribution in [2.24, 2.45) is 0 Å². The molecule has 5 heteroatoms. The maximum atomic E-state index is 11.4. The molecular formula is C15H24N2O3. The van der Waals surface area contributed by atoms with Crippen LogP contribution in [0, 0.1) is 0 Å². The molecule has 0 aliphatic rings. The Morgan fingerprint density at radius 1 is 1.10 bits per heavy atom. The van der Waals surface area contributed by atoms with Gasteiger partial charge in [-0.2, -0.15) is 0 Å². The standard InChI is InChI=1S/C15H24N2O3/c1-2-3-11-19-12-7-10-16-15(18)17-13-20-14-8-5-4-6-9-14/h4-6,8-9H,2-3,7,10-13H2,1H3,(H2,16,17,18). The summed E-state index contributed by atoms with van der Waals surface area (Å²) in [7, 11) is 0. The molecule has 1 rings (SSSR count). The van der Waals surface area contributed by atoms with Gasteiger partial charge in [0, 0.05) is 19.8 Å². The molecule has 5 nitrogen and oxygen atoms in total. The van der Waals surface area contributed by atoms with Gasteiger partial charge in [-0.1, -0.05) is 31.5 Å². The van der Waals surface area contributed by atoms with Crippen molar-refractivity contribution >= 4 is 6.03 Å². The lowest BCUT2D eigenvalue weighted by Crippen LogP contribution is -2.38. The van der Waals surface area contributed by atoms with E-state index in [0.29, 0.717) is 13.2 Å². The van der Waals surface area contributed by atoms with Crippen LogP contribution in [0.2, 0.25) is 0 Å². The first-order chi connectivity index (χ1) is 9.83. The summed E-state index contributed by atoms with van der Waals surface area (Å²) in [6.45, 7) is 4.37. The van der Waals surface area contributed by atoms with E-state index in [1.807, 2.05) is 30.3 Å². The van der Waals surface area contributed by atoms with Crippen molar-refractivity contribution < 1.29 is 14.3 Å². The molecule has 0 saturated heterocycles. The van der Waals surface area contributed by atoms with Crippen LogP contribution in [-0.4, -0.2) is 32.5 Å². The fourth-order valence-electron chi connectivity index (χ4n) is 1.49. The van der Waals surface area contributed by atoms with E-state index in [1.165, 1.54) is 0 Å². The van der Waals surface area contributed by atoms with E-state index in [1.54, 1.807) is 0 Å². The van der Waals surface area contributed by atoms with Gasteiger partial charge in [0.25, 0.3) is 0 Å². The third kappa shape index (κ3) is 8.37. The smallest absolute Gasteiger partial charge is 0.317 e. The van der Waals surface area contributed by atoms with Gasteiger partial charge in [-0.15, -0.1) is 0 Å². The Bertz CT molecular complexity index is 357. The van der Waals surface area contributed by atoms with Gasteiger partial charge in [0.15, 0.2) is 6.73 Å². The molecule has 0 atom stereocenters. The number of nitrogens with one attached hydrogen (secondary N) is 2. The number of urea groups is 1. The summed E-state index contributed by atoms with van der Waals surface area (Å²) in [6.07, 6.45) is 3.05. The first-order valence-corrected chi connectivity index (χ1v) is 7.10. The van der Waals surface area contributed by atoms with Crippen LogP contribution in [0.15, 0.2) is 30.3 Å². The third-order valence-corrected chi connectivity index (χ3v) is 2.61. The SMILES string of the molecule is CCCCOCCCNC(=O)NCOc1ccccc1. The van der Waals surface area contributed by atoms with Gasteiger partial charge in [0.1, 0.15) is 5.75 Å². The normalized spacial score (nSPS) is 10.1. The quantitative estimate of drug-likeness (QED) is 0.511. The van der Waals surface area contributed by atoms with Gasteiger partial charge in [-0.05, 0) is 25.0 Å². The van der Waals surface area contributed by atoms with Gasteiger partial charge in [-0.3, -0.25) is 0 Å². The van der Waals surface area contributed by atoms with Crippen LogP contribution in [0.5, 0.6) is 5.75 Å². The number of amides is 2. The number of benzene rings is 1. The Labute approximate surface area is 120 Å². The average molecular weight is 280 g/mol. The number of unbranched alkanes of at least 4 members (excludes halogenated alkanes) is 1. The molecule has 0 saturated carbocycles. The summed E-state index contributed by atoms with van der Waals surface area (Å²) < 4.78 is 10.8. The second-order valence-corrected chi connectivity index (χ2v) is 4.35. The fourth-order valence-corrected chi connectivity index (χ4v) is 1.49. The number of ether oxygens (including phenoxy) is 2. The Morgan fingerprint density at radius 3 is 2.60 bits per heavy atom. The van der Waals surface area contributed by atoms with E-state index in [2.05, 4.69) is 17.6 Å². The van der Waals surface area contributed by atoms with Crippen molar-refractivity contribution in [3.63, 3.8) is 0 Å². The minimum Gasteiger partial charge on any atom is -0.473 e. The summed E-state index contributed by atoms with van der Waals surface area (Å²) >= 11 is 0. The fraction of sp³-hybridized carbons (Fsp3) is 0.533. The molecule has 20 heavy (non-hydrogen) atoms. The van der Waals surface area contributed by atoms with Crippen molar-refractivity contribution in [2.75, 3.05) is 26.5 Å². The van der Waals surface area contributed by atoms with Crippen molar-refractivity contribution in [3.05, 3.63) is 30.3 Å².